The first-order chi connectivity index (χ1) is 17.7. The van der Waals surface area contributed by atoms with Crippen molar-refractivity contribution in [3.8, 4) is 28.2 Å². The molecule has 1 aliphatic rings. The zero-order chi connectivity index (χ0) is 26.5. The highest BCUT2D eigenvalue weighted by molar-refractivity contribution is 5.72. The molecule has 0 aliphatic carbocycles. The Morgan fingerprint density at radius 1 is 0.757 bits per heavy atom. The van der Waals surface area contributed by atoms with Crippen molar-refractivity contribution < 1.29 is 4.57 Å². The Bertz CT molecular complexity index is 1400. The van der Waals surface area contributed by atoms with Crippen LogP contribution in [0.3, 0.4) is 0 Å². The van der Waals surface area contributed by atoms with E-state index < -0.39 is 0 Å². The SMILES string of the molecule is CCC1(C)c2ccccc2-c2n(-c3c(C(C)C)cc(-c4ccccc4)cc3C(C)C)cc[n+]2C1(C)CC. The summed E-state index contributed by atoms with van der Waals surface area (Å²) in [5, 5.41) is 0. The molecule has 5 rings (SSSR count). The van der Waals surface area contributed by atoms with Crippen LogP contribution in [-0.4, -0.2) is 4.57 Å². The predicted octanol–water partition coefficient (Wildman–Crippen LogP) is 9.15. The maximum Gasteiger partial charge on any atom is 0.294 e. The number of hydrogen-bond donors (Lipinski definition) is 0. The fourth-order valence-corrected chi connectivity index (χ4v) is 6.71. The third kappa shape index (κ3) is 3.71. The first-order valence-electron chi connectivity index (χ1n) is 14.1. The van der Waals surface area contributed by atoms with Gasteiger partial charge in [-0.3, -0.25) is 0 Å². The summed E-state index contributed by atoms with van der Waals surface area (Å²) < 4.78 is 5.11. The second-order valence-electron chi connectivity index (χ2n) is 11.9. The van der Waals surface area contributed by atoms with Gasteiger partial charge in [0, 0.05) is 16.5 Å². The molecule has 37 heavy (non-hydrogen) atoms. The molecule has 4 aromatic rings. The van der Waals surface area contributed by atoms with Crippen molar-refractivity contribution in [2.75, 3.05) is 0 Å². The van der Waals surface area contributed by atoms with Crippen LogP contribution < -0.4 is 4.57 Å². The Hall–Kier alpha value is -3.13. The smallest absolute Gasteiger partial charge is 0.224 e. The Morgan fingerprint density at radius 3 is 1.92 bits per heavy atom. The minimum Gasteiger partial charge on any atom is -0.224 e. The van der Waals surface area contributed by atoms with E-state index in [4.69, 9.17) is 0 Å². The summed E-state index contributed by atoms with van der Waals surface area (Å²) in [5.74, 6) is 2.11. The number of hydrogen-bond acceptors (Lipinski definition) is 0. The molecule has 2 heterocycles. The molecule has 0 saturated carbocycles. The molecule has 0 saturated heterocycles. The molecule has 0 N–H and O–H groups in total. The first-order valence-corrected chi connectivity index (χ1v) is 14.1. The summed E-state index contributed by atoms with van der Waals surface area (Å²) in [4.78, 5) is 0. The predicted molar refractivity (Wildman–Crippen MR) is 157 cm³/mol. The van der Waals surface area contributed by atoms with Gasteiger partial charge in [0.05, 0.1) is 5.56 Å². The Balaban J connectivity index is 1.86. The van der Waals surface area contributed by atoms with E-state index in [-0.39, 0.29) is 11.0 Å². The number of aromatic nitrogens is 2. The average molecular weight is 492 g/mol. The van der Waals surface area contributed by atoms with Gasteiger partial charge < -0.3 is 0 Å². The highest BCUT2D eigenvalue weighted by Crippen LogP contribution is 2.50. The van der Waals surface area contributed by atoms with E-state index in [1.165, 1.54) is 44.9 Å². The lowest BCUT2D eigenvalue weighted by Crippen LogP contribution is -2.67. The molecule has 0 radical (unpaired) electrons. The van der Waals surface area contributed by atoms with E-state index in [0.717, 1.165) is 12.8 Å². The van der Waals surface area contributed by atoms with Gasteiger partial charge in [-0.1, -0.05) is 97.0 Å². The van der Waals surface area contributed by atoms with Crippen LogP contribution in [-0.2, 0) is 11.0 Å². The number of nitrogens with zero attached hydrogens (tertiary/aromatic N) is 2. The van der Waals surface area contributed by atoms with Crippen molar-refractivity contribution in [1.29, 1.82) is 0 Å². The molecule has 0 spiro atoms. The highest BCUT2D eigenvalue weighted by atomic mass is 15.2. The second kappa shape index (κ2) is 9.31. The van der Waals surface area contributed by atoms with Gasteiger partial charge in [-0.25, -0.2) is 4.57 Å². The maximum absolute atomic E-state index is 2.60. The van der Waals surface area contributed by atoms with Gasteiger partial charge in [0.25, 0.3) is 5.82 Å². The van der Waals surface area contributed by atoms with Crippen LogP contribution >= 0.6 is 0 Å². The van der Waals surface area contributed by atoms with Crippen LogP contribution in [0.4, 0.5) is 0 Å². The lowest BCUT2D eigenvalue weighted by atomic mass is 9.61. The molecule has 2 unspecified atom stereocenters. The Morgan fingerprint density at radius 2 is 1.35 bits per heavy atom. The molecule has 1 aliphatic heterocycles. The third-order valence-electron chi connectivity index (χ3n) is 9.46. The standard InChI is InChI=1S/C35H43N2/c1-9-34(7)31-19-15-14-18-28(31)33-36(20-21-37(33)35(34,8)10-2)32-29(24(3)4)22-27(23-30(32)25(5)6)26-16-12-11-13-17-26/h11-25H,9-10H2,1-8H3/q+1. The van der Waals surface area contributed by atoms with Crippen molar-refractivity contribution in [2.45, 2.75) is 91.0 Å². The lowest BCUT2D eigenvalue weighted by molar-refractivity contribution is -0.764. The van der Waals surface area contributed by atoms with Crippen LogP contribution in [0, 0.1) is 0 Å². The quantitative estimate of drug-likeness (QED) is 0.238. The van der Waals surface area contributed by atoms with Crippen LogP contribution in [0.25, 0.3) is 28.2 Å². The molecule has 192 valence electrons. The topological polar surface area (TPSA) is 8.81 Å². The molecular formula is C35H43N2+. The monoisotopic (exact) mass is 491 g/mol. The van der Waals surface area contributed by atoms with Gasteiger partial charge in [-0.2, -0.15) is 4.57 Å². The molecule has 0 amide bonds. The van der Waals surface area contributed by atoms with E-state index >= 15 is 0 Å². The van der Waals surface area contributed by atoms with Gasteiger partial charge in [-0.05, 0) is 66.5 Å². The van der Waals surface area contributed by atoms with E-state index in [9.17, 15) is 0 Å². The van der Waals surface area contributed by atoms with Crippen molar-refractivity contribution in [3.05, 3.63) is 95.8 Å². The van der Waals surface area contributed by atoms with Crippen molar-refractivity contribution in [1.82, 2.24) is 4.57 Å². The second-order valence-corrected chi connectivity index (χ2v) is 11.9. The van der Waals surface area contributed by atoms with E-state index in [1.54, 1.807) is 0 Å². The van der Waals surface area contributed by atoms with Gasteiger partial charge in [0.2, 0.25) is 0 Å². The lowest BCUT2D eigenvalue weighted by Gasteiger charge is -2.47. The number of fused-ring (bicyclic) bond motifs is 3. The van der Waals surface area contributed by atoms with Gasteiger partial charge in [-0.15, -0.1) is 0 Å². The van der Waals surface area contributed by atoms with Crippen LogP contribution in [0.2, 0.25) is 0 Å². The van der Waals surface area contributed by atoms with Crippen LogP contribution in [0.1, 0.15) is 96.8 Å². The average Bonchev–Trinajstić information content (AvgIpc) is 3.37. The first kappa shape index (κ1) is 25.5. The van der Waals surface area contributed by atoms with Crippen LogP contribution in [0.15, 0.2) is 79.1 Å². The molecule has 3 aromatic carbocycles. The summed E-state index contributed by atoms with van der Waals surface area (Å²) in [7, 11) is 0. The van der Waals surface area contributed by atoms with Gasteiger partial charge in [0.15, 0.2) is 0 Å². The highest BCUT2D eigenvalue weighted by Gasteiger charge is 2.55. The Labute approximate surface area is 224 Å². The summed E-state index contributed by atoms with van der Waals surface area (Å²) in [5.41, 5.74) is 9.63. The van der Waals surface area contributed by atoms with Gasteiger partial charge in [0.1, 0.15) is 23.6 Å². The molecule has 2 nitrogen and oxygen atoms in total. The molecule has 0 bridgehead atoms. The molecule has 1 aromatic heterocycles. The minimum atomic E-state index is -0.0172. The zero-order valence-corrected chi connectivity index (χ0v) is 24.0. The number of rotatable bonds is 6. The fourth-order valence-electron chi connectivity index (χ4n) is 6.71. The zero-order valence-electron chi connectivity index (χ0n) is 24.0. The molecule has 2 atom stereocenters. The largest absolute Gasteiger partial charge is 0.294 e. The molecule has 2 heteroatoms. The molecule has 0 fully saturated rings. The van der Waals surface area contributed by atoms with Gasteiger partial charge >= 0.3 is 0 Å². The van der Waals surface area contributed by atoms with E-state index in [1.807, 2.05) is 0 Å². The van der Waals surface area contributed by atoms with E-state index in [2.05, 4.69) is 144 Å². The minimum absolute atomic E-state index is 0.0172. The summed E-state index contributed by atoms with van der Waals surface area (Å²) in [6, 6.07) is 24.8. The van der Waals surface area contributed by atoms with Crippen LogP contribution in [0.5, 0.6) is 0 Å². The number of imidazole rings is 1. The summed E-state index contributed by atoms with van der Waals surface area (Å²) in [6.45, 7) is 19.0. The van der Waals surface area contributed by atoms with Crippen molar-refractivity contribution in [2.24, 2.45) is 0 Å². The summed E-state index contributed by atoms with van der Waals surface area (Å²) in [6.07, 6.45) is 6.86. The molecular weight excluding hydrogens is 448 g/mol. The normalized spacial score (nSPS) is 20.8. The van der Waals surface area contributed by atoms with Crippen molar-refractivity contribution in [3.63, 3.8) is 0 Å². The maximum atomic E-state index is 2.60. The number of benzene rings is 3. The Kier molecular flexibility index (Phi) is 6.42. The third-order valence-corrected chi connectivity index (χ3v) is 9.46. The van der Waals surface area contributed by atoms with E-state index in [0.29, 0.717) is 11.8 Å². The fraction of sp³-hybridized carbons (Fsp3) is 0.400. The summed E-state index contributed by atoms with van der Waals surface area (Å²) >= 11 is 0. The van der Waals surface area contributed by atoms with Crippen molar-refractivity contribution >= 4 is 0 Å².